The number of phenolic OH excluding ortho intramolecular Hbond substituents is 1. The molecule has 108 valence electrons. The number of ether oxygens (including phenoxy) is 2. The van der Waals surface area contributed by atoms with E-state index in [9.17, 15) is 5.11 Å². The molecule has 4 heteroatoms. The molecule has 0 saturated carbocycles. The summed E-state index contributed by atoms with van der Waals surface area (Å²) in [5.74, 6) is 1.65. The number of rotatable bonds is 8. The summed E-state index contributed by atoms with van der Waals surface area (Å²) >= 11 is 0. The maximum Gasteiger partial charge on any atom is 0.200 e. The van der Waals surface area contributed by atoms with Crippen molar-refractivity contribution >= 4 is 0 Å². The van der Waals surface area contributed by atoms with Crippen molar-refractivity contribution in [3.8, 4) is 17.2 Å². The zero-order valence-corrected chi connectivity index (χ0v) is 12.3. The van der Waals surface area contributed by atoms with Crippen LogP contribution in [0.5, 0.6) is 17.2 Å². The van der Waals surface area contributed by atoms with E-state index in [0.717, 1.165) is 18.7 Å². The van der Waals surface area contributed by atoms with Crippen LogP contribution in [0.25, 0.3) is 0 Å². The molecule has 0 amide bonds. The Morgan fingerprint density at radius 2 is 1.63 bits per heavy atom. The molecule has 0 spiro atoms. The fourth-order valence-electron chi connectivity index (χ4n) is 2.05. The van der Waals surface area contributed by atoms with Gasteiger partial charge in [0.2, 0.25) is 5.75 Å². The predicted molar refractivity (Wildman–Crippen MR) is 77.0 cm³/mol. The second-order valence-electron chi connectivity index (χ2n) is 4.66. The van der Waals surface area contributed by atoms with Gasteiger partial charge in [0.1, 0.15) is 0 Å². The van der Waals surface area contributed by atoms with Gasteiger partial charge >= 0.3 is 0 Å². The van der Waals surface area contributed by atoms with E-state index in [-0.39, 0.29) is 5.75 Å². The SMILES string of the molecule is CCC(CC)CNCc1cc(OC)c(O)c(OC)c1. The molecule has 0 radical (unpaired) electrons. The summed E-state index contributed by atoms with van der Waals surface area (Å²) in [4.78, 5) is 0. The molecular weight excluding hydrogens is 242 g/mol. The molecule has 0 aromatic heterocycles. The quantitative estimate of drug-likeness (QED) is 0.760. The van der Waals surface area contributed by atoms with E-state index in [1.807, 2.05) is 12.1 Å². The normalized spacial score (nSPS) is 10.8. The van der Waals surface area contributed by atoms with E-state index < -0.39 is 0 Å². The van der Waals surface area contributed by atoms with Crippen LogP contribution in [-0.2, 0) is 6.54 Å². The zero-order chi connectivity index (χ0) is 14.3. The summed E-state index contributed by atoms with van der Waals surface area (Å²) in [6, 6.07) is 3.66. The van der Waals surface area contributed by atoms with E-state index in [4.69, 9.17) is 9.47 Å². The van der Waals surface area contributed by atoms with E-state index in [0.29, 0.717) is 17.4 Å². The first-order valence-corrected chi connectivity index (χ1v) is 6.80. The lowest BCUT2D eigenvalue weighted by atomic mass is 10.0. The molecule has 2 N–H and O–H groups in total. The third-order valence-corrected chi connectivity index (χ3v) is 3.46. The van der Waals surface area contributed by atoms with Crippen molar-refractivity contribution in [3.05, 3.63) is 17.7 Å². The van der Waals surface area contributed by atoms with Gasteiger partial charge in [-0.3, -0.25) is 0 Å². The minimum absolute atomic E-state index is 0.0498. The van der Waals surface area contributed by atoms with Crippen molar-refractivity contribution in [1.29, 1.82) is 0 Å². The lowest BCUT2D eigenvalue weighted by molar-refractivity contribution is 0.338. The highest BCUT2D eigenvalue weighted by Crippen LogP contribution is 2.36. The third-order valence-electron chi connectivity index (χ3n) is 3.46. The first kappa shape index (κ1) is 15.6. The summed E-state index contributed by atoms with van der Waals surface area (Å²) in [6.45, 7) is 6.16. The molecule has 1 aromatic carbocycles. The number of nitrogens with one attached hydrogen (secondary N) is 1. The van der Waals surface area contributed by atoms with Crippen molar-refractivity contribution in [2.24, 2.45) is 5.92 Å². The van der Waals surface area contributed by atoms with Gasteiger partial charge in [-0.05, 0) is 30.2 Å². The number of phenols is 1. The molecule has 0 aliphatic rings. The molecule has 19 heavy (non-hydrogen) atoms. The second kappa shape index (κ2) is 7.89. The number of benzene rings is 1. The van der Waals surface area contributed by atoms with Gasteiger partial charge in [0, 0.05) is 6.54 Å². The monoisotopic (exact) mass is 267 g/mol. The third kappa shape index (κ3) is 4.31. The van der Waals surface area contributed by atoms with Crippen LogP contribution in [0.4, 0.5) is 0 Å². The molecule has 0 aliphatic carbocycles. The molecule has 4 nitrogen and oxygen atoms in total. The van der Waals surface area contributed by atoms with Crippen LogP contribution in [0.2, 0.25) is 0 Å². The Balaban J connectivity index is 2.68. The van der Waals surface area contributed by atoms with E-state index >= 15 is 0 Å². The minimum Gasteiger partial charge on any atom is -0.502 e. The molecule has 0 fully saturated rings. The average Bonchev–Trinajstić information content (AvgIpc) is 2.44. The Kier molecular flexibility index (Phi) is 6.50. The molecule has 0 atom stereocenters. The van der Waals surface area contributed by atoms with Crippen molar-refractivity contribution in [3.63, 3.8) is 0 Å². The molecular formula is C15H25NO3. The van der Waals surface area contributed by atoms with E-state index in [1.54, 1.807) is 0 Å². The predicted octanol–water partition coefficient (Wildman–Crippen LogP) is 2.94. The van der Waals surface area contributed by atoms with Gasteiger partial charge < -0.3 is 19.9 Å². The first-order chi connectivity index (χ1) is 9.15. The largest absolute Gasteiger partial charge is 0.502 e. The summed E-state index contributed by atoms with van der Waals surface area (Å²) in [7, 11) is 3.08. The zero-order valence-electron chi connectivity index (χ0n) is 12.3. The summed E-state index contributed by atoms with van der Waals surface area (Å²) in [5.41, 5.74) is 1.04. The van der Waals surface area contributed by atoms with Gasteiger partial charge in [-0.15, -0.1) is 0 Å². The highest BCUT2D eigenvalue weighted by atomic mass is 16.5. The van der Waals surface area contributed by atoms with Gasteiger partial charge in [0.05, 0.1) is 14.2 Å². The van der Waals surface area contributed by atoms with Crippen molar-refractivity contribution in [1.82, 2.24) is 5.32 Å². The molecule has 0 heterocycles. The van der Waals surface area contributed by atoms with Gasteiger partial charge in [-0.25, -0.2) is 0 Å². The van der Waals surface area contributed by atoms with Crippen LogP contribution in [0.15, 0.2) is 12.1 Å². The number of hydrogen-bond acceptors (Lipinski definition) is 4. The van der Waals surface area contributed by atoms with Crippen LogP contribution >= 0.6 is 0 Å². The summed E-state index contributed by atoms with van der Waals surface area (Å²) in [6.07, 6.45) is 2.37. The molecule has 0 aliphatic heterocycles. The summed E-state index contributed by atoms with van der Waals surface area (Å²) < 4.78 is 10.3. The van der Waals surface area contributed by atoms with Crippen molar-refractivity contribution < 1.29 is 14.6 Å². The number of aromatic hydroxyl groups is 1. The van der Waals surface area contributed by atoms with Crippen LogP contribution in [-0.4, -0.2) is 25.9 Å². The lowest BCUT2D eigenvalue weighted by Crippen LogP contribution is -2.21. The van der Waals surface area contributed by atoms with Crippen LogP contribution in [0, 0.1) is 5.92 Å². The van der Waals surface area contributed by atoms with Crippen LogP contribution in [0.3, 0.4) is 0 Å². The highest BCUT2D eigenvalue weighted by Gasteiger charge is 2.11. The maximum atomic E-state index is 9.83. The fourth-order valence-corrected chi connectivity index (χ4v) is 2.05. The Bertz CT molecular complexity index is 364. The van der Waals surface area contributed by atoms with Crippen molar-refractivity contribution in [2.75, 3.05) is 20.8 Å². The molecule has 1 rings (SSSR count). The average molecular weight is 267 g/mol. The minimum atomic E-state index is 0.0498. The molecule has 1 aromatic rings. The van der Waals surface area contributed by atoms with Gasteiger partial charge in [0.15, 0.2) is 11.5 Å². The lowest BCUT2D eigenvalue weighted by Gasteiger charge is -2.15. The van der Waals surface area contributed by atoms with Gasteiger partial charge in [-0.2, -0.15) is 0 Å². The Hall–Kier alpha value is -1.42. The smallest absolute Gasteiger partial charge is 0.200 e. The second-order valence-corrected chi connectivity index (χ2v) is 4.66. The number of methoxy groups -OCH3 is 2. The Morgan fingerprint density at radius 1 is 1.11 bits per heavy atom. The first-order valence-electron chi connectivity index (χ1n) is 6.80. The molecule has 0 bridgehead atoms. The highest BCUT2D eigenvalue weighted by molar-refractivity contribution is 5.52. The Morgan fingerprint density at radius 3 is 2.05 bits per heavy atom. The van der Waals surface area contributed by atoms with Gasteiger partial charge in [0.25, 0.3) is 0 Å². The van der Waals surface area contributed by atoms with Crippen molar-refractivity contribution in [2.45, 2.75) is 33.2 Å². The van der Waals surface area contributed by atoms with Crippen LogP contribution < -0.4 is 14.8 Å². The molecule has 0 saturated heterocycles. The Labute approximate surface area is 115 Å². The van der Waals surface area contributed by atoms with E-state index in [1.165, 1.54) is 27.1 Å². The topological polar surface area (TPSA) is 50.7 Å². The number of hydrogen-bond donors (Lipinski definition) is 2. The molecule has 0 unspecified atom stereocenters. The summed E-state index contributed by atoms with van der Waals surface area (Å²) in [5, 5.41) is 13.3. The van der Waals surface area contributed by atoms with Crippen LogP contribution in [0.1, 0.15) is 32.3 Å². The van der Waals surface area contributed by atoms with Gasteiger partial charge in [-0.1, -0.05) is 26.7 Å². The van der Waals surface area contributed by atoms with E-state index in [2.05, 4.69) is 19.2 Å². The fraction of sp³-hybridized carbons (Fsp3) is 0.600. The maximum absolute atomic E-state index is 9.83. The standard InChI is InChI=1S/C15H25NO3/c1-5-11(6-2)9-16-10-12-7-13(18-3)15(17)14(8-12)19-4/h7-8,11,16-17H,5-6,9-10H2,1-4H3.